The van der Waals surface area contributed by atoms with Crippen molar-refractivity contribution in [1.82, 2.24) is 5.32 Å². The zero-order valence-corrected chi connectivity index (χ0v) is 10.0. The number of rotatable bonds is 3. The molecule has 0 saturated carbocycles. The summed E-state index contributed by atoms with van der Waals surface area (Å²) in [5.41, 5.74) is 0.940. The maximum atomic E-state index is 11.7. The van der Waals surface area contributed by atoms with E-state index in [9.17, 15) is 9.59 Å². The Hall–Kier alpha value is -1.49. The predicted molar refractivity (Wildman–Crippen MR) is 65.5 cm³/mol. The molecule has 1 atom stereocenters. The fraction of sp³-hybridized carbons (Fsp3) is 0.333. The summed E-state index contributed by atoms with van der Waals surface area (Å²) in [6, 6.07) is 8.96. The van der Waals surface area contributed by atoms with Gasteiger partial charge in [-0.3, -0.25) is 4.79 Å². The van der Waals surface area contributed by atoms with Crippen molar-refractivity contribution < 1.29 is 14.3 Å². The Morgan fingerprint density at radius 2 is 2.18 bits per heavy atom. The lowest BCUT2D eigenvalue weighted by molar-refractivity contribution is -0.148. The summed E-state index contributed by atoms with van der Waals surface area (Å²) in [7, 11) is 0. The molecule has 4 nitrogen and oxygen atoms in total. The molecule has 1 fully saturated rings. The van der Waals surface area contributed by atoms with E-state index in [-0.39, 0.29) is 18.5 Å². The molecule has 5 heteroatoms. The van der Waals surface area contributed by atoms with Gasteiger partial charge < -0.3 is 10.1 Å². The first-order chi connectivity index (χ1) is 8.25. The first-order valence-electron chi connectivity index (χ1n) is 5.33. The van der Waals surface area contributed by atoms with E-state index in [0.29, 0.717) is 11.5 Å². The Balaban J connectivity index is 1.83. The van der Waals surface area contributed by atoms with Crippen LogP contribution in [-0.4, -0.2) is 29.4 Å². The summed E-state index contributed by atoms with van der Waals surface area (Å²) in [5.74, 6) is 0.527. The average molecular weight is 251 g/mol. The number of esters is 1. The van der Waals surface area contributed by atoms with Gasteiger partial charge in [-0.05, 0) is 5.56 Å². The lowest BCUT2D eigenvalue weighted by atomic mass is 10.2. The van der Waals surface area contributed by atoms with Gasteiger partial charge in [-0.2, -0.15) is 0 Å². The van der Waals surface area contributed by atoms with E-state index in [0.717, 1.165) is 5.56 Å². The number of hydrogen-bond acceptors (Lipinski definition) is 4. The quantitative estimate of drug-likeness (QED) is 0.813. The van der Waals surface area contributed by atoms with Crippen molar-refractivity contribution in [1.29, 1.82) is 0 Å². The van der Waals surface area contributed by atoms with Gasteiger partial charge in [0.15, 0.2) is 0 Å². The highest BCUT2D eigenvalue weighted by Gasteiger charge is 2.26. The third-order valence-electron chi connectivity index (χ3n) is 2.36. The molecule has 1 N–H and O–H groups in total. The number of carbonyl (C=O) groups excluding carboxylic acids is 2. The Bertz CT molecular complexity index is 407. The van der Waals surface area contributed by atoms with Crippen LogP contribution in [0.4, 0.5) is 0 Å². The average Bonchev–Trinajstić information content (AvgIpc) is 2.37. The number of ether oxygens (including phenoxy) is 1. The van der Waals surface area contributed by atoms with Crippen molar-refractivity contribution in [3.63, 3.8) is 0 Å². The molecule has 0 radical (unpaired) electrons. The zero-order chi connectivity index (χ0) is 12.1. The highest BCUT2D eigenvalue weighted by Crippen LogP contribution is 2.10. The van der Waals surface area contributed by atoms with Gasteiger partial charge in [-0.1, -0.05) is 30.3 Å². The van der Waals surface area contributed by atoms with Gasteiger partial charge in [-0.25, -0.2) is 4.79 Å². The van der Waals surface area contributed by atoms with Crippen LogP contribution in [0.5, 0.6) is 0 Å². The summed E-state index contributed by atoms with van der Waals surface area (Å²) in [6.45, 7) is 0.247. The second-order valence-corrected chi connectivity index (χ2v) is 4.76. The summed E-state index contributed by atoms with van der Waals surface area (Å²) in [5, 5.41) is 2.62. The third-order valence-corrected chi connectivity index (χ3v) is 3.40. The van der Waals surface area contributed by atoms with E-state index in [2.05, 4.69) is 5.32 Å². The molecule has 1 saturated heterocycles. The van der Waals surface area contributed by atoms with Gasteiger partial charge in [0, 0.05) is 5.75 Å². The first-order valence-corrected chi connectivity index (χ1v) is 6.49. The van der Waals surface area contributed by atoms with Crippen molar-refractivity contribution in [2.45, 2.75) is 12.6 Å². The Kier molecular flexibility index (Phi) is 4.03. The predicted octanol–water partition coefficient (Wildman–Crippen LogP) is 0.961. The summed E-state index contributed by atoms with van der Waals surface area (Å²) < 4.78 is 5.15. The van der Waals surface area contributed by atoms with Gasteiger partial charge in [0.2, 0.25) is 5.91 Å². The zero-order valence-electron chi connectivity index (χ0n) is 9.22. The lowest BCUT2D eigenvalue weighted by Crippen LogP contribution is -2.47. The van der Waals surface area contributed by atoms with Crippen molar-refractivity contribution in [3.8, 4) is 0 Å². The molecule has 1 unspecified atom stereocenters. The van der Waals surface area contributed by atoms with E-state index in [4.69, 9.17) is 4.74 Å². The molecule has 90 valence electrons. The summed E-state index contributed by atoms with van der Waals surface area (Å²) in [4.78, 5) is 22.8. The minimum Gasteiger partial charge on any atom is -0.459 e. The largest absolute Gasteiger partial charge is 0.459 e. The maximum absolute atomic E-state index is 11.7. The van der Waals surface area contributed by atoms with Crippen LogP contribution in [0, 0.1) is 0 Å². The molecule has 1 aliphatic rings. The van der Waals surface area contributed by atoms with Crippen molar-refractivity contribution in [3.05, 3.63) is 35.9 Å². The first kappa shape index (κ1) is 12.0. The molecule has 2 rings (SSSR count). The van der Waals surface area contributed by atoms with Crippen LogP contribution in [0.1, 0.15) is 5.56 Å². The second kappa shape index (κ2) is 5.72. The van der Waals surface area contributed by atoms with Gasteiger partial charge in [-0.15, -0.1) is 11.8 Å². The van der Waals surface area contributed by atoms with Crippen LogP contribution >= 0.6 is 11.8 Å². The third kappa shape index (κ3) is 3.49. The summed E-state index contributed by atoms with van der Waals surface area (Å²) >= 11 is 1.45. The fourth-order valence-electron chi connectivity index (χ4n) is 1.50. The molecule has 17 heavy (non-hydrogen) atoms. The van der Waals surface area contributed by atoms with Crippen LogP contribution in [-0.2, 0) is 20.9 Å². The summed E-state index contributed by atoms with van der Waals surface area (Å²) in [6.07, 6.45) is 0. The number of hydrogen-bond donors (Lipinski definition) is 1. The van der Waals surface area contributed by atoms with Crippen LogP contribution < -0.4 is 5.32 Å². The van der Waals surface area contributed by atoms with E-state index in [1.165, 1.54) is 11.8 Å². The monoisotopic (exact) mass is 251 g/mol. The van der Waals surface area contributed by atoms with Gasteiger partial charge in [0.1, 0.15) is 12.6 Å². The number of amides is 1. The molecule has 0 bridgehead atoms. The van der Waals surface area contributed by atoms with E-state index in [1.54, 1.807) is 0 Å². The Morgan fingerprint density at radius 3 is 2.88 bits per heavy atom. The van der Waals surface area contributed by atoms with Gasteiger partial charge in [0.25, 0.3) is 0 Å². The van der Waals surface area contributed by atoms with Crippen LogP contribution in [0.2, 0.25) is 0 Å². The molecule has 1 aromatic rings. The maximum Gasteiger partial charge on any atom is 0.329 e. The normalized spacial score (nSPS) is 19.5. The van der Waals surface area contributed by atoms with Crippen LogP contribution in [0.3, 0.4) is 0 Å². The SMILES string of the molecule is O=C1CSCC(C(=O)OCc2ccccc2)N1. The number of benzene rings is 1. The van der Waals surface area contributed by atoms with Crippen molar-refractivity contribution in [2.75, 3.05) is 11.5 Å². The fourth-order valence-corrected chi connectivity index (χ4v) is 2.35. The number of thioether (sulfide) groups is 1. The van der Waals surface area contributed by atoms with Gasteiger partial charge >= 0.3 is 5.97 Å². The molecular weight excluding hydrogens is 238 g/mol. The molecule has 1 heterocycles. The molecule has 0 spiro atoms. The number of nitrogens with one attached hydrogen (secondary N) is 1. The smallest absolute Gasteiger partial charge is 0.329 e. The van der Waals surface area contributed by atoms with E-state index in [1.807, 2.05) is 30.3 Å². The van der Waals surface area contributed by atoms with Crippen LogP contribution in [0.25, 0.3) is 0 Å². The molecular formula is C12H13NO3S. The second-order valence-electron chi connectivity index (χ2n) is 3.73. The van der Waals surface area contributed by atoms with Gasteiger partial charge in [0.05, 0.1) is 5.75 Å². The van der Waals surface area contributed by atoms with E-state index < -0.39 is 6.04 Å². The minimum atomic E-state index is -0.509. The molecule has 0 aromatic heterocycles. The van der Waals surface area contributed by atoms with E-state index >= 15 is 0 Å². The highest BCUT2D eigenvalue weighted by molar-refractivity contribution is 8.00. The van der Waals surface area contributed by atoms with Crippen molar-refractivity contribution in [2.24, 2.45) is 0 Å². The Labute approximate surface area is 104 Å². The minimum absolute atomic E-state index is 0.108. The lowest BCUT2D eigenvalue weighted by Gasteiger charge is -2.21. The van der Waals surface area contributed by atoms with Crippen LogP contribution in [0.15, 0.2) is 30.3 Å². The number of carbonyl (C=O) groups is 2. The molecule has 0 aliphatic carbocycles. The van der Waals surface area contributed by atoms with Crippen molar-refractivity contribution >= 4 is 23.6 Å². The highest BCUT2D eigenvalue weighted by atomic mass is 32.2. The molecule has 1 amide bonds. The molecule has 1 aliphatic heterocycles. The Morgan fingerprint density at radius 1 is 1.41 bits per heavy atom. The standard InChI is InChI=1S/C12H13NO3S/c14-11-8-17-7-10(13-11)12(15)16-6-9-4-2-1-3-5-9/h1-5,10H,6-8H2,(H,13,14). The molecule has 1 aromatic carbocycles. The topological polar surface area (TPSA) is 55.4 Å².